The summed E-state index contributed by atoms with van der Waals surface area (Å²) in [5.41, 5.74) is 6.16. The zero-order valence-electron chi connectivity index (χ0n) is 15.3. The molecular formula is C19H25N3O4. The summed E-state index contributed by atoms with van der Waals surface area (Å²) < 4.78 is 11.0. The van der Waals surface area contributed by atoms with E-state index in [0.717, 1.165) is 5.56 Å². The maximum atomic E-state index is 11.9. The molecule has 0 spiro atoms. The molecule has 0 aliphatic carbocycles. The molecule has 0 aliphatic rings. The van der Waals surface area contributed by atoms with Crippen LogP contribution in [0.1, 0.15) is 46.9 Å². The molecule has 1 heterocycles. The Morgan fingerprint density at radius 3 is 2.54 bits per heavy atom. The SMILES string of the molecule is Cc1cc(C(=O)NNC(=O)NCCCO[C@@H](C)c2ccccc2)c(C)o1. The minimum absolute atomic E-state index is 0.00553. The summed E-state index contributed by atoms with van der Waals surface area (Å²) in [5.74, 6) is 0.725. The second kappa shape index (κ2) is 9.62. The first-order valence-corrected chi connectivity index (χ1v) is 8.55. The second-order valence-electron chi connectivity index (χ2n) is 5.94. The lowest BCUT2D eigenvalue weighted by Crippen LogP contribution is -2.47. The molecule has 26 heavy (non-hydrogen) atoms. The zero-order valence-corrected chi connectivity index (χ0v) is 15.3. The highest BCUT2D eigenvalue weighted by Crippen LogP contribution is 2.15. The lowest BCUT2D eigenvalue weighted by atomic mass is 10.1. The van der Waals surface area contributed by atoms with Crippen molar-refractivity contribution in [2.45, 2.75) is 33.3 Å². The first kappa shape index (κ1) is 19.5. The van der Waals surface area contributed by atoms with Gasteiger partial charge in [0.25, 0.3) is 5.91 Å². The Bertz CT molecular complexity index is 728. The number of nitrogens with one attached hydrogen (secondary N) is 3. The monoisotopic (exact) mass is 359 g/mol. The van der Waals surface area contributed by atoms with Gasteiger partial charge in [0, 0.05) is 13.2 Å². The molecule has 1 aromatic carbocycles. The van der Waals surface area contributed by atoms with Crippen LogP contribution in [0.3, 0.4) is 0 Å². The average Bonchev–Trinajstić information content (AvgIpc) is 2.98. The van der Waals surface area contributed by atoms with Crippen LogP contribution in [0.4, 0.5) is 4.79 Å². The fourth-order valence-corrected chi connectivity index (χ4v) is 2.44. The first-order valence-electron chi connectivity index (χ1n) is 8.55. The van der Waals surface area contributed by atoms with Gasteiger partial charge in [0.1, 0.15) is 11.5 Å². The van der Waals surface area contributed by atoms with Crippen LogP contribution in [0, 0.1) is 13.8 Å². The molecule has 0 radical (unpaired) electrons. The van der Waals surface area contributed by atoms with Crippen molar-refractivity contribution in [3.05, 3.63) is 59.0 Å². The van der Waals surface area contributed by atoms with Gasteiger partial charge in [-0.05, 0) is 38.8 Å². The summed E-state index contributed by atoms with van der Waals surface area (Å²) in [6.45, 7) is 6.40. The fraction of sp³-hybridized carbons (Fsp3) is 0.368. The zero-order chi connectivity index (χ0) is 18.9. The molecule has 0 bridgehead atoms. The second-order valence-corrected chi connectivity index (χ2v) is 5.94. The van der Waals surface area contributed by atoms with Crippen molar-refractivity contribution in [3.8, 4) is 0 Å². The van der Waals surface area contributed by atoms with Crippen LogP contribution in [0.2, 0.25) is 0 Å². The highest BCUT2D eigenvalue weighted by atomic mass is 16.5. The van der Waals surface area contributed by atoms with Crippen molar-refractivity contribution in [2.75, 3.05) is 13.2 Å². The fourth-order valence-electron chi connectivity index (χ4n) is 2.44. The molecule has 3 amide bonds. The number of hydrazine groups is 1. The van der Waals surface area contributed by atoms with Crippen LogP contribution in [-0.4, -0.2) is 25.1 Å². The van der Waals surface area contributed by atoms with E-state index in [0.29, 0.717) is 36.7 Å². The van der Waals surface area contributed by atoms with E-state index in [2.05, 4.69) is 16.2 Å². The van der Waals surface area contributed by atoms with Crippen LogP contribution in [0.15, 0.2) is 40.8 Å². The summed E-state index contributed by atoms with van der Waals surface area (Å²) in [4.78, 5) is 23.6. The van der Waals surface area contributed by atoms with Crippen molar-refractivity contribution < 1.29 is 18.7 Å². The Hall–Kier alpha value is -2.80. The van der Waals surface area contributed by atoms with Crippen molar-refractivity contribution in [1.29, 1.82) is 0 Å². The topological polar surface area (TPSA) is 92.6 Å². The summed E-state index contributed by atoms with van der Waals surface area (Å²) in [6, 6.07) is 11.1. The third kappa shape index (κ3) is 5.93. The van der Waals surface area contributed by atoms with Crippen molar-refractivity contribution in [3.63, 3.8) is 0 Å². The molecule has 2 aromatic rings. The van der Waals surface area contributed by atoms with E-state index in [-0.39, 0.29) is 6.10 Å². The predicted octanol–water partition coefficient (Wildman–Crippen LogP) is 3.01. The largest absolute Gasteiger partial charge is 0.466 e. The molecule has 3 N–H and O–H groups in total. The molecule has 7 heteroatoms. The van der Waals surface area contributed by atoms with E-state index in [1.807, 2.05) is 37.3 Å². The number of ether oxygens (including phenoxy) is 1. The molecule has 0 saturated carbocycles. The number of hydrogen-bond acceptors (Lipinski definition) is 4. The lowest BCUT2D eigenvalue weighted by Gasteiger charge is -2.13. The van der Waals surface area contributed by atoms with Gasteiger partial charge in [-0.2, -0.15) is 0 Å². The van der Waals surface area contributed by atoms with E-state index in [9.17, 15) is 9.59 Å². The molecule has 0 fully saturated rings. The third-order valence-corrected chi connectivity index (χ3v) is 3.82. The number of urea groups is 1. The Morgan fingerprint density at radius 2 is 1.88 bits per heavy atom. The number of carbonyl (C=O) groups excluding carboxylic acids is 2. The van der Waals surface area contributed by atoms with E-state index >= 15 is 0 Å². The highest BCUT2D eigenvalue weighted by molar-refractivity contribution is 5.96. The maximum Gasteiger partial charge on any atom is 0.333 e. The maximum absolute atomic E-state index is 11.9. The number of amides is 3. The molecule has 1 aromatic heterocycles. The number of aryl methyl sites for hydroxylation is 2. The smallest absolute Gasteiger partial charge is 0.333 e. The Labute approximate surface area is 153 Å². The minimum atomic E-state index is -0.479. The van der Waals surface area contributed by atoms with Crippen LogP contribution in [-0.2, 0) is 4.74 Å². The Morgan fingerprint density at radius 1 is 1.15 bits per heavy atom. The average molecular weight is 359 g/mol. The number of hydrogen-bond donors (Lipinski definition) is 3. The molecule has 7 nitrogen and oxygen atoms in total. The van der Waals surface area contributed by atoms with Crippen LogP contribution in [0.5, 0.6) is 0 Å². The van der Waals surface area contributed by atoms with E-state index < -0.39 is 11.9 Å². The quantitative estimate of drug-likeness (QED) is 0.523. The molecule has 140 valence electrons. The summed E-state index contributed by atoms with van der Waals surface area (Å²) in [6.07, 6.45) is 0.671. The summed E-state index contributed by atoms with van der Waals surface area (Å²) in [5, 5.41) is 2.65. The number of furan rings is 1. The molecule has 0 saturated heterocycles. The van der Waals surface area contributed by atoms with Gasteiger partial charge in [0.05, 0.1) is 11.7 Å². The minimum Gasteiger partial charge on any atom is -0.466 e. The normalized spacial score (nSPS) is 11.7. The van der Waals surface area contributed by atoms with Gasteiger partial charge in [-0.25, -0.2) is 10.2 Å². The number of rotatable bonds is 7. The van der Waals surface area contributed by atoms with Gasteiger partial charge in [-0.15, -0.1) is 0 Å². The van der Waals surface area contributed by atoms with E-state index in [1.54, 1.807) is 19.9 Å². The molecular weight excluding hydrogens is 334 g/mol. The van der Waals surface area contributed by atoms with Crippen molar-refractivity contribution in [1.82, 2.24) is 16.2 Å². The summed E-state index contributed by atoms with van der Waals surface area (Å²) in [7, 11) is 0. The van der Waals surface area contributed by atoms with Gasteiger partial charge >= 0.3 is 6.03 Å². The lowest BCUT2D eigenvalue weighted by molar-refractivity contribution is 0.0643. The number of benzene rings is 1. The van der Waals surface area contributed by atoms with Crippen LogP contribution < -0.4 is 16.2 Å². The molecule has 1 atom stereocenters. The van der Waals surface area contributed by atoms with Crippen molar-refractivity contribution >= 4 is 11.9 Å². The highest BCUT2D eigenvalue weighted by Gasteiger charge is 2.13. The van der Waals surface area contributed by atoms with Gasteiger partial charge in [0.2, 0.25) is 0 Å². The van der Waals surface area contributed by atoms with Gasteiger partial charge in [-0.3, -0.25) is 10.2 Å². The Balaban J connectivity index is 1.59. The van der Waals surface area contributed by atoms with Gasteiger partial charge in [-0.1, -0.05) is 30.3 Å². The third-order valence-electron chi connectivity index (χ3n) is 3.82. The molecule has 2 rings (SSSR count). The summed E-state index contributed by atoms with van der Waals surface area (Å²) >= 11 is 0. The number of carbonyl (C=O) groups is 2. The Kier molecular flexibility index (Phi) is 7.23. The predicted molar refractivity (Wildman–Crippen MR) is 97.6 cm³/mol. The van der Waals surface area contributed by atoms with Crippen molar-refractivity contribution in [2.24, 2.45) is 0 Å². The standard InChI is InChI=1S/C19H25N3O4/c1-13-12-17(15(3)26-13)18(23)21-22-19(24)20-10-7-11-25-14(2)16-8-5-4-6-9-16/h4-6,8-9,12,14H,7,10-11H2,1-3H3,(H,21,23)(H2,20,22,24)/t14-/m0/s1. The van der Waals surface area contributed by atoms with Crippen LogP contribution >= 0.6 is 0 Å². The van der Waals surface area contributed by atoms with Gasteiger partial charge in [0.15, 0.2) is 0 Å². The van der Waals surface area contributed by atoms with Crippen LogP contribution in [0.25, 0.3) is 0 Å². The van der Waals surface area contributed by atoms with Gasteiger partial charge < -0.3 is 14.5 Å². The molecule has 0 unspecified atom stereocenters. The van der Waals surface area contributed by atoms with E-state index in [4.69, 9.17) is 9.15 Å². The molecule has 0 aliphatic heterocycles. The first-order chi connectivity index (χ1) is 12.5. The van der Waals surface area contributed by atoms with E-state index in [1.165, 1.54) is 0 Å².